The van der Waals surface area contributed by atoms with Crippen LogP contribution in [0.5, 0.6) is 5.75 Å². The van der Waals surface area contributed by atoms with E-state index in [0.717, 1.165) is 0 Å². The van der Waals surface area contributed by atoms with Gasteiger partial charge >= 0.3 is 12.6 Å². The number of aliphatic hydroxyl groups is 1. The van der Waals surface area contributed by atoms with E-state index in [4.69, 9.17) is 4.74 Å². The lowest BCUT2D eigenvalue weighted by atomic mass is 9.92. The van der Waals surface area contributed by atoms with Gasteiger partial charge < -0.3 is 14.6 Å². The highest BCUT2D eigenvalue weighted by Gasteiger charge is 2.28. The van der Waals surface area contributed by atoms with Crippen molar-refractivity contribution in [1.29, 1.82) is 0 Å². The number of carbonyl (C=O) groups is 1. The smallest absolute Gasteiger partial charge is 0.387 e. The number of alkyl halides is 2. The number of carbonyl (C=O) groups excluding carboxylic acids is 1. The van der Waals surface area contributed by atoms with Crippen molar-refractivity contribution in [1.82, 2.24) is 0 Å². The van der Waals surface area contributed by atoms with Gasteiger partial charge in [0.2, 0.25) is 0 Å². The van der Waals surface area contributed by atoms with Crippen LogP contribution in [0, 0.1) is 5.92 Å². The van der Waals surface area contributed by atoms with E-state index in [9.17, 15) is 18.7 Å². The minimum atomic E-state index is -2.90. The highest BCUT2D eigenvalue weighted by atomic mass is 19.3. The topological polar surface area (TPSA) is 55.8 Å². The normalized spacial score (nSPS) is 13.8. The monoisotopic (exact) mass is 302 g/mol. The van der Waals surface area contributed by atoms with Gasteiger partial charge in [0.25, 0.3) is 0 Å². The molecule has 0 aliphatic heterocycles. The maximum Gasteiger partial charge on any atom is 0.387 e. The van der Waals surface area contributed by atoms with Crippen LogP contribution in [0.15, 0.2) is 24.3 Å². The Labute approximate surface area is 122 Å². The van der Waals surface area contributed by atoms with E-state index in [0.29, 0.717) is 18.4 Å². The first-order valence-electron chi connectivity index (χ1n) is 6.89. The van der Waals surface area contributed by atoms with Crippen molar-refractivity contribution < 1.29 is 28.2 Å². The number of benzene rings is 1. The fourth-order valence-corrected chi connectivity index (χ4v) is 2.04. The zero-order valence-corrected chi connectivity index (χ0v) is 12.1. The molecule has 0 bridgehead atoms. The van der Waals surface area contributed by atoms with Crippen LogP contribution in [-0.2, 0) is 9.53 Å². The zero-order chi connectivity index (χ0) is 15.8. The number of halogens is 2. The third-order valence-corrected chi connectivity index (χ3v) is 3.02. The summed E-state index contributed by atoms with van der Waals surface area (Å²) in [6, 6.07) is 5.59. The van der Waals surface area contributed by atoms with Gasteiger partial charge in [-0.15, -0.1) is 0 Å². The number of esters is 1. The van der Waals surface area contributed by atoms with E-state index in [1.165, 1.54) is 24.3 Å². The summed E-state index contributed by atoms with van der Waals surface area (Å²) < 4.78 is 33.3. The fraction of sp³-hybridized carbons (Fsp3) is 0.533. The van der Waals surface area contributed by atoms with Gasteiger partial charge in [0, 0.05) is 0 Å². The molecule has 2 unspecified atom stereocenters. The Morgan fingerprint density at radius 1 is 1.24 bits per heavy atom. The summed E-state index contributed by atoms with van der Waals surface area (Å²) >= 11 is 0. The van der Waals surface area contributed by atoms with E-state index in [2.05, 4.69) is 4.74 Å². The van der Waals surface area contributed by atoms with Crippen molar-refractivity contribution in [3.63, 3.8) is 0 Å². The van der Waals surface area contributed by atoms with Crippen molar-refractivity contribution in [2.45, 2.75) is 39.4 Å². The molecule has 1 aromatic rings. The van der Waals surface area contributed by atoms with Crippen LogP contribution in [0.25, 0.3) is 0 Å². The number of hydrogen-bond donors (Lipinski definition) is 1. The molecule has 6 heteroatoms. The SMILES string of the molecule is CCCC(C(=O)OCC)C(O)c1ccc(OC(F)F)cc1. The van der Waals surface area contributed by atoms with Crippen LogP contribution < -0.4 is 4.74 Å². The van der Waals surface area contributed by atoms with Crippen LogP contribution in [0.2, 0.25) is 0 Å². The van der Waals surface area contributed by atoms with Gasteiger partial charge in [-0.05, 0) is 31.0 Å². The molecular weight excluding hydrogens is 282 g/mol. The highest BCUT2D eigenvalue weighted by molar-refractivity contribution is 5.73. The molecule has 0 aromatic heterocycles. The van der Waals surface area contributed by atoms with Crippen molar-refractivity contribution >= 4 is 5.97 Å². The van der Waals surface area contributed by atoms with Crippen molar-refractivity contribution in [3.05, 3.63) is 29.8 Å². The average molecular weight is 302 g/mol. The minimum Gasteiger partial charge on any atom is -0.466 e. The Kier molecular flexibility index (Phi) is 7.08. The predicted molar refractivity (Wildman–Crippen MR) is 73.1 cm³/mol. The summed E-state index contributed by atoms with van der Waals surface area (Å²) in [6.07, 6.45) is 0.159. The summed E-state index contributed by atoms with van der Waals surface area (Å²) in [4.78, 5) is 11.9. The fourth-order valence-electron chi connectivity index (χ4n) is 2.04. The molecule has 0 radical (unpaired) electrons. The second-order valence-electron chi connectivity index (χ2n) is 4.54. The van der Waals surface area contributed by atoms with Gasteiger partial charge in [-0.25, -0.2) is 0 Å². The Morgan fingerprint density at radius 2 is 1.86 bits per heavy atom. The van der Waals surface area contributed by atoms with Gasteiger partial charge in [-0.3, -0.25) is 4.79 Å². The third-order valence-electron chi connectivity index (χ3n) is 3.02. The first-order valence-corrected chi connectivity index (χ1v) is 6.89. The van der Waals surface area contributed by atoms with Crippen molar-refractivity contribution in [2.75, 3.05) is 6.61 Å². The summed E-state index contributed by atoms with van der Waals surface area (Å²) in [5, 5.41) is 10.3. The number of aliphatic hydroxyl groups excluding tert-OH is 1. The molecule has 1 N–H and O–H groups in total. The van der Waals surface area contributed by atoms with E-state index in [-0.39, 0.29) is 12.4 Å². The molecule has 0 saturated carbocycles. The van der Waals surface area contributed by atoms with Crippen LogP contribution >= 0.6 is 0 Å². The number of hydrogen-bond acceptors (Lipinski definition) is 4. The Hall–Kier alpha value is -1.69. The van der Waals surface area contributed by atoms with Gasteiger partial charge in [0.15, 0.2) is 0 Å². The molecule has 118 valence electrons. The maximum atomic E-state index is 12.1. The van der Waals surface area contributed by atoms with E-state index in [1.54, 1.807) is 6.92 Å². The van der Waals surface area contributed by atoms with Crippen LogP contribution in [0.1, 0.15) is 38.4 Å². The Balaban J connectivity index is 2.82. The standard InChI is InChI=1S/C15H20F2O4/c1-3-5-12(14(19)20-4-2)13(18)10-6-8-11(9-7-10)21-15(16)17/h6-9,12-13,15,18H,3-5H2,1-2H3. The van der Waals surface area contributed by atoms with E-state index >= 15 is 0 Å². The van der Waals surface area contributed by atoms with Gasteiger partial charge in [-0.1, -0.05) is 25.5 Å². The van der Waals surface area contributed by atoms with Gasteiger partial charge in [0.05, 0.1) is 18.6 Å². The van der Waals surface area contributed by atoms with E-state index in [1.807, 2.05) is 6.92 Å². The largest absolute Gasteiger partial charge is 0.466 e. The molecule has 0 aliphatic rings. The lowest BCUT2D eigenvalue weighted by Crippen LogP contribution is -2.24. The molecule has 1 aromatic carbocycles. The lowest BCUT2D eigenvalue weighted by Gasteiger charge is -2.21. The first-order chi connectivity index (χ1) is 9.99. The Morgan fingerprint density at radius 3 is 2.33 bits per heavy atom. The number of ether oxygens (including phenoxy) is 2. The van der Waals surface area contributed by atoms with Crippen molar-refractivity contribution in [2.24, 2.45) is 5.92 Å². The molecule has 0 saturated heterocycles. The molecule has 21 heavy (non-hydrogen) atoms. The lowest BCUT2D eigenvalue weighted by molar-refractivity contribution is -0.152. The van der Waals surface area contributed by atoms with Crippen molar-refractivity contribution in [3.8, 4) is 5.75 Å². The predicted octanol–water partition coefficient (Wildman–Crippen LogP) is 3.30. The first kappa shape index (κ1) is 17.4. The molecule has 0 heterocycles. The maximum absolute atomic E-state index is 12.1. The van der Waals surface area contributed by atoms with Crippen LogP contribution in [0.3, 0.4) is 0 Å². The second-order valence-corrected chi connectivity index (χ2v) is 4.54. The molecule has 2 atom stereocenters. The molecule has 4 nitrogen and oxygen atoms in total. The molecule has 0 fully saturated rings. The summed E-state index contributed by atoms with van der Waals surface area (Å²) in [5.41, 5.74) is 0.461. The average Bonchev–Trinajstić information content (AvgIpc) is 2.44. The van der Waals surface area contributed by atoms with Crippen LogP contribution in [-0.4, -0.2) is 24.3 Å². The summed E-state index contributed by atoms with van der Waals surface area (Å²) in [6.45, 7) is 0.947. The zero-order valence-electron chi connectivity index (χ0n) is 12.1. The quantitative estimate of drug-likeness (QED) is 0.749. The molecule has 0 amide bonds. The molecule has 0 spiro atoms. The van der Waals surface area contributed by atoms with Gasteiger partial charge in [0.1, 0.15) is 5.75 Å². The minimum absolute atomic E-state index is 0.00382. The van der Waals surface area contributed by atoms with Gasteiger partial charge in [-0.2, -0.15) is 8.78 Å². The number of rotatable bonds is 8. The van der Waals surface area contributed by atoms with E-state index < -0.39 is 24.6 Å². The Bertz CT molecular complexity index is 434. The molecule has 0 aliphatic carbocycles. The summed E-state index contributed by atoms with van der Waals surface area (Å²) in [7, 11) is 0. The second kappa shape index (κ2) is 8.56. The highest BCUT2D eigenvalue weighted by Crippen LogP contribution is 2.28. The van der Waals surface area contributed by atoms with Crippen LogP contribution in [0.4, 0.5) is 8.78 Å². The third kappa shape index (κ3) is 5.30. The molecule has 1 rings (SSSR count). The molecular formula is C15H20F2O4. The summed E-state index contributed by atoms with van der Waals surface area (Å²) in [5.74, 6) is -1.12.